The Morgan fingerprint density at radius 1 is 0.903 bits per heavy atom. The molecule has 1 amide bonds. The van der Waals surface area contributed by atoms with Crippen LogP contribution in [-0.2, 0) is 4.79 Å². The number of hydrogen-bond acceptors (Lipinski definition) is 5. The van der Waals surface area contributed by atoms with Gasteiger partial charge in [0.25, 0.3) is 5.69 Å². The highest BCUT2D eigenvalue weighted by Gasteiger charge is 2.20. The molecule has 0 unspecified atom stereocenters. The van der Waals surface area contributed by atoms with Gasteiger partial charge in [-0.05, 0) is 30.3 Å². The second kappa shape index (κ2) is 10.9. The van der Waals surface area contributed by atoms with E-state index in [1.54, 1.807) is 12.1 Å². The minimum absolute atomic E-state index is 0.0219. The van der Waals surface area contributed by atoms with Crippen molar-refractivity contribution in [3.05, 3.63) is 106 Å². The van der Waals surface area contributed by atoms with E-state index in [-0.39, 0.29) is 24.2 Å². The highest BCUT2D eigenvalue weighted by molar-refractivity contribution is 5.78. The molecule has 7 nitrogen and oxygen atoms in total. The summed E-state index contributed by atoms with van der Waals surface area (Å²) < 4.78 is 0. The summed E-state index contributed by atoms with van der Waals surface area (Å²) in [5.74, 6) is -0.0649. The molecule has 7 heteroatoms. The van der Waals surface area contributed by atoms with E-state index in [1.165, 1.54) is 12.1 Å². The summed E-state index contributed by atoms with van der Waals surface area (Å²) in [6.07, 6.45) is 0. The Morgan fingerprint density at radius 3 is 1.97 bits per heavy atom. The summed E-state index contributed by atoms with van der Waals surface area (Å²) in [7, 11) is 1.94. The van der Waals surface area contributed by atoms with Gasteiger partial charge in [-0.25, -0.2) is 0 Å². The number of anilines is 1. The van der Waals surface area contributed by atoms with Crippen LogP contribution in [0.3, 0.4) is 0 Å². The van der Waals surface area contributed by atoms with Crippen LogP contribution in [0, 0.1) is 10.1 Å². The summed E-state index contributed by atoms with van der Waals surface area (Å²) >= 11 is 0. The lowest BCUT2D eigenvalue weighted by Crippen LogP contribution is -2.39. The van der Waals surface area contributed by atoms with E-state index in [2.05, 4.69) is 34.9 Å². The van der Waals surface area contributed by atoms with Crippen molar-refractivity contribution in [3.8, 4) is 0 Å². The molecule has 160 valence electrons. The van der Waals surface area contributed by atoms with Gasteiger partial charge in [0.2, 0.25) is 5.91 Å². The van der Waals surface area contributed by atoms with Crippen molar-refractivity contribution in [1.82, 2.24) is 10.2 Å². The predicted molar refractivity (Wildman–Crippen MR) is 122 cm³/mol. The molecule has 0 aromatic heterocycles. The van der Waals surface area contributed by atoms with E-state index in [4.69, 9.17) is 0 Å². The SMILES string of the molecule is CN(CC(=O)NCCNc1ccc([N+](=O)[O-])cc1)C(c1ccccc1)c1ccccc1. The van der Waals surface area contributed by atoms with Gasteiger partial charge in [0.15, 0.2) is 0 Å². The van der Waals surface area contributed by atoms with Crippen LogP contribution in [0.15, 0.2) is 84.9 Å². The van der Waals surface area contributed by atoms with E-state index in [0.717, 1.165) is 16.8 Å². The lowest BCUT2D eigenvalue weighted by Gasteiger charge is -2.28. The highest BCUT2D eigenvalue weighted by atomic mass is 16.6. The summed E-state index contributed by atoms with van der Waals surface area (Å²) in [5.41, 5.74) is 3.08. The van der Waals surface area contributed by atoms with Crippen LogP contribution in [0.25, 0.3) is 0 Å². The van der Waals surface area contributed by atoms with Gasteiger partial charge in [-0.3, -0.25) is 19.8 Å². The van der Waals surface area contributed by atoms with E-state index < -0.39 is 4.92 Å². The van der Waals surface area contributed by atoms with Crippen molar-refractivity contribution >= 4 is 17.3 Å². The molecule has 0 spiro atoms. The number of nitro benzene ring substituents is 1. The summed E-state index contributed by atoms with van der Waals surface area (Å²) in [6.45, 7) is 1.23. The lowest BCUT2D eigenvalue weighted by atomic mass is 9.97. The lowest BCUT2D eigenvalue weighted by molar-refractivity contribution is -0.384. The van der Waals surface area contributed by atoms with Gasteiger partial charge in [-0.15, -0.1) is 0 Å². The molecule has 0 saturated heterocycles. The first-order valence-electron chi connectivity index (χ1n) is 10.1. The maximum Gasteiger partial charge on any atom is 0.269 e. The average Bonchev–Trinajstić information content (AvgIpc) is 2.78. The molecule has 3 aromatic carbocycles. The Kier molecular flexibility index (Phi) is 7.73. The number of benzene rings is 3. The molecule has 0 bridgehead atoms. The predicted octanol–water partition coefficient (Wildman–Crippen LogP) is 3.84. The number of likely N-dealkylation sites (N-methyl/N-ethyl adjacent to an activating group) is 1. The normalized spacial score (nSPS) is 10.8. The quantitative estimate of drug-likeness (QED) is 0.297. The molecule has 3 rings (SSSR count). The smallest absolute Gasteiger partial charge is 0.269 e. The van der Waals surface area contributed by atoms with E-state index in [1.807, 2.05) is 48.3 Å². The van der Waals surface area contributed by atoms with E-state index in [9.17, 15) is 14.9 Å². The number of nitro groups is 1. The fourth-order valence-electron chi connectivity index (χ4n) is 3.46. The highest BCUT2D eigenvalue weighted by Crippen LogP contribution is 2.27. The Hall–Kier alpha value is -3.71. The van der Waals surface area contributed by atoms with Crippen molar-refractivity contribution in [1.29, 1.82) is 0 Å². The summed E-state index contributed by atoms with van der Waals surface area (Å²) in [6, 6.07) is 26.4. The van der Waals surface area contributed by atoms with Crippen molar-refractivity contribution in [2.75, 3.05) is 32.0 Å². The molecule has 0 saturated carbocycles. The number of non-ortho nitro benzene ring substituents is 1. The monoisotopic (exact) mass is 418 g/mol. The molecule has 0 heterocycles. The van der Waals surface area contributed by atoms with Gasteiger partial charge in [0, 0.05) is 30.9 Å². The molecular weight excluding hydrogens is 392 g/mol. The number of nitrogens with one attached hydrogen (secondary N) is 2. The number of nitrogens with zero attached hydrogens (tertiary/aromatic N) is 2. The minimum atomic E-state index is -0.432. The van der Waals surface area contributed by atoms with Crippen LogP contribution in [0.2, 0.25) is 0 Å². The molecule has 0 atom stereocenters. The fourth-order valence-corrected chi connectivity index (χ4v) is 3.46. The van der Waals surface area contributed by atoms with Crippen LogP contribution in [0.5, 0.6) is 0 Å². The van der Waals surface area contributed by atoms with Crippen LogP contribution in [0.4, 0.5) is 11.4 Å². The van der Waals surface area contributed by atoms with Gasteiger partial charge < -0.3 is 10.6 Å². The standard InChI is InChI=1S/C24H26N4O3/c1-27(24(19-8-4-2-5-9-19)20-10-6-3-7-11-20)18-23(29)26-17-16-25-21-12-14-22(15-13-21)28(30)31/h2-15,24-25H,16-18H2,1H3,(H,26,29). The first-order valence-corrected chi connectivity index (χ1v) is 10.1. The van der Waals surface area contributed by atoms with Gasteiger partial charge in [0.05, 0.1) is 17.5 Å². The first kappa shape index (κ1) is 22.0. The number of hydrogen-bond donors (Lipinski definition) is 2. The van der Waals surface area contributed by atoms with Crippen LogP contribution in [0.1, 0.15) is 17.2 Å². The maximum atomic E-state index is 12.5. The van der Waals surface area contributed by atoms with Crippen molar-refractivity contribution in [3.63, 3.8) is 0 Å². The van der Waals surface area contributed by atoms with Gasteiger partial charge in [0.1, 0.15) is 0 Å². The maximum absolute atomic E-state index is 12.5. The van der Waals surface area contributed by atoms with Crippen molar-refractivity contribution in [2.24, 2.45) is 0 Å². The number of carbonyl (C=O) groups is 1. The third-order valence-corrected chi connectivity index (χ3v) is 4.92. The topological polar surface area (TPSA) is 87.5 Å². The second-order valence-corrected chi connectivity index (χ2v) is 7.22. The van der Waals surface area contributed by atoms with E-state index in [0.29, 0.717) is 13.1 Å². The van der Waals surface area contributed by atoms with Gasteiger partial charge in [-0.1, -0.05) is 60.7 Å². The van der Waals surface area contributed by atoms with Gasteiger partial charge >= 0.3 is 0 Å². The summed E-state index contributed by atoms with van der Waals surface area (Å²) in [5, 5.41) is 16.8. The van der Waals surface area contributed by atoms with Gasteiger partial charge in [-0.2, -0.15) is 0 Å². The van der Waals surface area contributed by atoms with Crippen molar-refractivity contribution < 1.29 is 9.72 Å². The third kappa shape index (κ3) is 6.38. The summed E-state index contributed by atoms with van der Waals surface area (Å²) in [4.78, 5) is 24.8. The molecule has 0 aliphatic carbocycles. The zero-order valence-corrected chi connectivity index (χ0v) is 17.4. The molecule has 2 N–H and O–H groups in total. The second-order valence-electron chi connectivity index (χ2n) is 7.22. The molecule has 31 heavy (non-hydrogen) atoms. The van der Waals surface area contributed by atoms with Crippen molar-refractivity contribution in [2.45, 2.75) is 6.04 Å². The largest absolute Gasteiger partial charge is 0.383 e. The Bertz CT molecular complexity index is 939. The molecular formula is C24H26N4O3. The van der Waals surface area contributed by atoms with Crippen LogP contribution >= 0.6 is 0 Å². The minimum Gasteiger partial charge on any atom is -0.383 e. The van der Waals surface area contributed by atoms with Crippen LogP contribution < -0.4 is 10.6 Å². The fraction of sp³-hybridized carbons (Fsp3) is 0.208. The molecule has 3 aromatic rings. The van der Waals surface area contributed by atoms with E-state index >= 15 is 0 Å². The zero-order chi connectivity index (χ0) is 22.1. The Balaban J connectivity index is 1.52. The third-order valence-electron chi connectivity index (χ3n) is 4.92. The first-order chi connectivity index (χ1) is 15.0. The Labute approximate surface area is 181 Å². The Morgan fingerprint density at radius 2 is 1.45 bits per heavy atom. The van der Waals surface area contributed by atoms with Crippen LogP contribution in [-0.4, -0.2) is 42.4 Å². The molecule has 0 aliphatic heterocycles. The number of amides is 1. The molecule has 0 fully saturated rings. The number of rotatable bonds is 10. The number of carbonyl (C=O) groups excluding carboxylic acids is 1. The molecule has 0 aliphatic rings. The molecule has 0 radical (unpaired) electrons. The average molecular weight is 418 g/mol. The zero-order valence-electron chi connectivity index (χ0n) is 17.4.